The van der Waals surface area contributed by atoms with Crippen molar-refractivity contribution in [3.63, 3.8) is 0 Å². The van der Waals surface area contributed by atoms with Gasteiger partial charge in [0.1, 0.15) is 0 Å². The third kappa shape index (κ3) is 9.77. The molecule has 0 saturated heterocycles. The molecule has 2 aliphatic carbocycles. The van der Waals surface area contributed by atoms with E-state index in [0.717, 1.165) is 6.42 Å². The molecule has 1 atom stereocenters. The van der Waals surface area contributed by atoms with Crippen LogP contribution in [0.25, 0.3) is 0 Å². The second-order valence-electron chi connectivity index (χ2n) is 4.40. The van der Waals surface area contributed by atoms with Gasteiger partial charge >= 0.3 is 28.4 Å². The molecule has 0 aromatic heterocycles. The summed E-state index contributed by atoms with van der Waals surface area (Å²) in [7, 11) is 0. The first-order valence-corrected chi connectivity index (χ1v) is 7.61. The predicted molar refractivity (Wildman–Crippen MR) is 73.3 cm³/mol. The zero-order valence-corrected chi connectivity index (χ0v) is 16.4. The fraction of sp³-hybridized carbons (Fsp3) is 0.438. The molecule has 0 bridgehead atoms. The van der Waals surface area contributed by atoms with E-state index < -0.39 is 0 Å². The minimum Gasteiger partial charge on any atom is -1.00 e. The van der Waals surface area contributed by atoms with Crippen molar-refractivity contribution >= 4 is 4.21 Å². The van der Waals surface area contributed by atoms with E-state index in [1.54, 1.807) is 0 Å². The van der Waals surface area contributed by atoms with Gasteiger partial charge in [0.15, 0.2) is 0 Å². The van der Waals surface area contributed by atoms with Crippen molar-refractivity contribution in [3.8, 4) is 0 Å². The molecule has 0 N–H and O–H groups in total. The Labute approximate surface area is 146 Å². The van der Waals surface area contributed by atoms with Crippen LogP contribution in [0, 0.1) is 18.1 Å². The Morgan fingerprint density at radius 1 is 1.16 bits per heavy atom. The van der Waals surface area contributed by atoms with Gasteiger partial charge < -0.3 is 24.8 Å². The van der Waals surface area contributed by atoms with Crippen molar-refractivity contribution < 1.29 is 49.0 Å². The van der Waals surface area contributed by atoms with Gasteiger partial charge in [0, 0.05) is 0 Å². The van der Waals surface area contributed by atoms with Crippen LogP contribution in [0.5, 0.6) is 0 Å². The number of allylic oxidation sites excluding steroid dienone is 8. The van der Waals surface area contributed by atoms with Crippen LogP contribution >= 0.6 is 0 Å². The molecule has 0 heterocycles. The molecule has 106 valence electrons. The van der Waals surface area contributed by atoms with Crippen LogP contribution < -0.4 is 24.8 Å². The summed E-state index contributed by atoms with van der Waals surface area (Å²) < 4.78 is 3.34. The molecule has 0 amide bonds. The summed E-state index contributed by atoms with van der Waals surface area (Å²) in [6.07, 6.45) is 11.7. The standard InChI is InChI=1S/C8H11.C7H9.CH2.2ClH.Zr/c1-6-4-7(2)8(3)5-6;1-6-4-3-5-7(6)2;;;;/h4,6H,1-3H3;4H,5H2,1-2H3;1H2;2*1H;/q2*-1;;;;+2/p-2. The first-order valence-electron chi connectivity index (χ1n) is 5.88. The normalized spacial score (nSPS) is 19.0. The third-order valence-electron chi connectivity index (χ3n) is 2.89. The fourth-order valence-corrected chi connectivity index (χ4v) is 1.62. The number of rotatable bonds is 0. The summed E-state index contributed by atoms with van der Waals surface area (Å²) in [5.74, 6) is 0.551. The smallest absolute Gasteiger partial charge is 1.00 e. The van der Waals surface area contributed by atoms with Crippen LogP contribution in [0.3, 0.4) is 0 Å². The first-order chi connectivity index (χ1) is 8.00. The molecule has 2 aliphatic rings. The van der Waals surface area contributed by atoms with Gasteiger partial charge in [0.25, 0.3) is 0 Å². The summed E-state index contributed by atoms with van der Waals surface area (Å²) in [6, 6.07) is 0. The predicted octanol–water partition coefficient (Wildman–Crippen LogP) is -1.61. The Hall–Kier alpha value is 0.293. The van der Waals surface area contributed by atoms with E-state index in [-0.39, 0.29) is 24.8 Å². The van der Waals surface area contributed by atoms with Crippen LogP contribution in [0.15, 0.2) is 34.4 Å². The van der Waals surface area contributed by atoms with Gasteiger partial charge in [0.05, 0.1) is 0 Å². The zero-order chi connectivity index (χ0) is 13.4. The Bertz CT molecular complexity index is 358. The third-order valence-corrected chi connectivity index (χ3v) is 2.89. The van der Waals surface area contributed by atoms with Crippen molar-refractivity contribution in [1.29, 1.82) is 0 Å². The molecule has 19 heavy (non-hydrogen) atoms. The molecule has 0 saturated carbocycles. The molecule has 0 aliphatic heterocycles. The van der Waals surface area contributed by atoms with Crippen LogP contribution in [-0.2, 0) is 24.2 Å². The van der Waals surface area contributed by atoms with E-state index in [9.17, 15) is 0 Å². The molecular weight excluding hydrogens is 354 g/mol. The van der Waals surface area contributed by atoms with E-state index >= 15 is 0 Å². The maximum absolute atomic E-state index is 3.34. The van der Waals surface area contributed by atoms with Crippen molar-refractivity contribution in [2.75, 3.05) is 0 Å². The van der Waals surface area contributed by atoms with Gasteiger partial charge in [0.2, 0.25) is 0 Å². The largest absolute Gasteiger partial charge is 1.00 e. The molecule has 0 aromatic rings. The number of hydrogen-bond acceptors (Lipinski definition) is 0. The SMILES string of the molecule is CC1=C(C)C[C-]=C1.CC1=[C-]C(C)C=C1C.[CH2]=[Zr+2].[Cl-].[Cl-]. The van der Waals surface area contributed by atoms with Crippen LogP contribution in [0.2, 0.25) is 0 Å². The molecule has 0 fully saturated rings. The molecule has 1 unspecified atom stereocenters. The van der Waals surface area contributed by atoms with Gasteiger partial charge in [-0.05, 0) is 0 Å². The maximum Gasteiger partial charge on any atom is -1.00 e. The molecule has 2 rings (SSSR count). The van der Waals surface area contributed by atoms with Crippen molar-refractivity contribution in [1.82, 2.24) is 0 Å². The van der Waals surface area contributed by atoms with E-state index in [2.05, 4.69) is 63.1 Å². The summed E-state index contributed by atoms with van der Waals surface area (Å²) >= 11 is 1.30. The second-order valence-corrected chi connectivity index (χ2v) is 4.40. The van der Waals surface area contributed by atoms with E-state index in [0.29, 0.717) is 5.92 Å². The van der Waals surface area contributed by atoms with Crippen LogP contribution in [0.1, 0.15) is 41.0 Å². The molecule has 0 spiro atoms. The molecule has 3 heteroatoms. The Kier molecular flexibility index (Phi) is 17.0. The monoisotopic (exact) mass is 374 g/mol. The average molecular weight is 376 g/mol. The maximum atomic E-state index is 3.34. The quantitative estimate of drug-likeness (QED) is 0.447. The fourth-order valence-electron chi connectivity index (χ4n) is 1.62. The van der Waals surface area contributed by atoms with Crippen LogP contribution in [0.4, 0.5) is 0 Å². The Morgan fingerprint density at radius 2 is 1.68 bits per heavy atom. The van der Waals surface area contributed by atoms with E-state index in [1.165, 1.54) is 46.5 Å². The minimum atomic E-state index is 0. The molecule has 0 aromatic carbocycles. The Balaban J connectivity index is -0.000000219. The van der Waals surface area contributed by atoms with Gasteiger partial charge in [-0.25, -0.2) is 22.8 Å². The van der Waals surface area contributed by atoms with E-state index in [1.807, 2.05) is 0 Å². The van der Waals surface area contributed by atoms with Gasteiger partial charge in [-0.1, -0.05) is 26.7 Å². The summed E-state index contributed by atoms with van der Waals surface area (Å²) in [4.78, 5) is 0. The summed E-state index contributed by atoms with van der Waals surface area (Å²) in [6.45, 7) is 10.7. The molecule has 0 nitrogen and oxygen atoms in total. The minimum absolute atomic E-state index is 0. The van der Waals surface area contributed by atoms with Crippen molar-refractivity contribution in [2.24, 2.45) is 5.92 Å². The van der Waals surface area contributed by atoms with Crippen molar-refractivity contribution in [2.45, 2.75) is 41.0 Å². The van der Waals surface area contributed by atoms with Gasteiger partial charge in [-0.15, -0.1) is 20.3 Å². The van der Waals surface area contributed by atoms with E-state index in [4.69, 9.17) is 0 Å². The Morgan fingerprint density at radius 3 is 1.79 bits per heavy atom. The van der Waals surface area contributed by atoms with Crippen molar-refractivity contribution in [3.05, 3.63) is 46.6 Å². The topological polar surface area (TPSA) is 0 Å². The molecule has 0 radical (unpaired) electrons. The van der Waals surface area contributed by atoms with Gasteiger partial charge in [-0.3, -0.25) is 12.2 Å². The van der Waals surface area contributed by atoms with Gasteiger partial charge in [-0.2, -0.15) is 11.6 Å². The summed E-state index contributed by atoms with van der Waals surface area (Å²) in [5, 5.41) is 0. The summed E-state index contributed by atoms with van der Waals surface area (Å²) in [5.41, 5.74) is 5.55. The second kappa shape index (κ2) is 13.3. The average Bonchev–Trinajstić information content (AvgIpc) is 2.79. The molecular formula is C16H22Cl2Zr-2. The number of hydrogen-bond donors (Lipinski definition) is 0. The number of halogens is 2. The zero-order valence-electron chi connectivity index (χ0n) is 12.4. The first kappa shape index (κ1) is 24.3. The van der Waals surface area contributed by atoms with Crippen LogP contribution in [-0.4, -0.2) is 4.21 Å².